The molecule has 0 amide bonds. The van der Waals surface area contributed by atoms with Gasteiger partial charge in [0.05, 0.1) is 16.5 Å². The van der Waals surface area contributed by atoms with E-state index in [1.165, 1.54) is 36.5 Å². The van der Waals surface area contributed by atoms with Crippen LogP contribution in [0.15, 0.2) is 92.9 Å². The minimum atomic E-state index is -1.11. The van der Waals surface area contributed by atoms with E-state index >= 15 is 0 Å². The number of carbonyl (C=O) groups is 1. The number of nitrogens with one attached hydrogen (secondary N) is 1. The van der Waals surface area contributed by atoms with Crippen LogP contribution in [0.1, 0.15) is 10.4 Å². The lowest BCUT2D eigenvalue weighted by Crippen LogP contribution is -2.25. The molecular weight excluding hydrogens is 434 g/mol. The Bertz CT molecular complexity index is 1770. The molecule has 0 radical (unpaired) electrons. The second-order valence-corrected chi connectivity index (χ2v) is 7.65. The van der Waals surface area contributed by atoms with E-state index in [0.717, 1.165) is 0 Å². The number of aromatic carboxylic acids is 1. The van der Waals surface area contributed by atoms with E-state index in [4.69, 9.17) is 4.42 Å². The summed E-state index contributed by atoms with van der Waals surface area (Å²) in [6, 6.07) is 20.3. The smallest absolute Gasteiger partial charge is 0.336 e. The summed E-state index contributed by atoms with van der Waals surface area (Å²) in [6.45, 7) is 0. The SMILES string of the molecule is O=C(O)c1ccccc1-c1c2ccc(=O)cc2oc2/c(=C/Nc3ccccc3O)c(=O)ccc12. The number of benzene rings is 4. The van der Waals surface area contributed by atoms with Crippen molar-refractivity contribution < 1.29 is 19.4 Å². The van der Waals surface area contributed by atoms with Crippen molar-refractivity contribution in [3.05, 3.63) is 110 Å². The molecule has 3 N–H and O–H groups in total. The molecular formula is C27H17NO6. The van der Waals surface area contributed by atoms with Gasteiger partial charge in [0.25, 0.3) is 0 Å². The molecule has 166 valence electrons. The number of hydrogen-bond acceptors (Lipinski definition) is 6. The van der Waals surface area contributed by atoms with Crippen molar-refractivity contribution in [3.63, 3.8) is 0 Å². The molecule has 0 atom stereocenters. The average molecular weight is 451 g/mol. The molecule has 0 aliphatic carbocycles. The molecule has 0 bridgehead atoms. The number of fused-ring (bicyclic) bond motifs is 2. The van der Waals surface area contributed by atoms with Gasteiger partial charge in [0.1, 0.15) is 16.9 Å². The highest BCUT2D eigenvalue weighted by Crippen LogP contribution is 2.36. The molecule has 4 aromatic carbocycles. The molecule has 0 fully saturated rings. The fourth-order valence-electron chi connectivity index (χ4n) is 4.00. The van der Waals surface area contributed by atoms with Gasteiger partial charge in [-0.2, -0.15) is 0 Å². The Balaban J connectivity index is 1.91. The first-order valence-corrected chi connectivity index (χ1v) is 10.3. The molecule has 0 aliphatic heterocycles. The fourth-order valence-corrected chi connectivity index (χ4v) is 4.00. The van der Waals surface area contributed by atoms with Crippen molar-refractivity contribution in [2.24, 2.45) is 0 Å². The van der Waals surface area contributed by atoms with Crippen LogP contribution in [0.3, 0.4) is 0 Å². The number of phenolic OH excluding ortho intramolecular Hbond substituents is 1. The quantitative estimate of drug-likeness (QED) is 0.280. The van der Waals surface area contributed by atoms with E-state index in [2.05, 4.69) is 5.32 Å². The number of carboxylic acid groups (broad SMARTS) is 1. The first kappa shape index (κ1) is 21.0. The van der Waals surface area contributed by atoms with Crippen molar-refractivity contribution in [3.8, 4) is 16.9 Å². The highest BCUT2D eigenvalue weighted by Gasteiger charge is 2.19. The first-order chi connectivity index (χ1) is 16.4. The lowest BCUT2D eigenvalue weighted by Gasteiger charge is -2.13. The molecule has 0 spiro atoms. The summed E-state index contributed by atoms with van der Waals surface area (Å²) in [5, 5.41) is 24.0. The number of anilines is 1. The molecule has 7 heteroatoms. The molecule has 0 saturated heterocycles. The molecule has 34 heavy (non-hydrogen) atoms. The van der Waals surface area contributed by atoms with Crippen LogP contribution in [-0.2, 0) is 0 Å². The molecule has 5 rings (SSSR count). The zero-order valence-corrected chi connectivity index (χ0v) is 17.6. The third-order valence-electron chi connectivity index (χ3n) is 5.56. The monoisotopic (exact) mass is 451 g/mol. The van der Waals surface area contributed by atoms with E-state index in [1.54, 1.807) is 48.5 Å². The fraction of sp³-hybridized carbons (Fsp3) is 0. The van der Waals surface area contributed by atoms with Crippen LogP contribution in [0.4, 0.5) is 5.69 Å². The normalized spacial score (nSPS) is 11.7. The summed E-state index contributed by atoms with van der Waals surface area (Å²) < 4.78 is 6.04. The van der Waals surface area contributed by atoms with Gasteiger partial charge in [-0.1, -0.05) is 30.3 Å². The van der Waals surface area contributed by atoms with Crippen molar-refractivity contribution in [2.75, 3.05) is 5.32 Å². The average Bonchev–Trinajstić information content (AvgIpc) is 2.83. The molecule has 1 aromatic heterocycles. The highest BCUT2D eigenvalue weighted by molar-refractivity contribution is 6.11. The molecule has 0 unspecified atom stereocenters. The van der Waals surface area contributed by atoms with Crippen LogP contribution in [0, 0.1) is 0 Å². The van der Waals surface area contributed by atoms with Crippen LogP contribution < -0.4 is 21.4 Å². The summed E-state index contributed by atoms with van der Waals surface area (Å²) in [5.74, 6) is -1.10. The number of phenols is 1. The Morgan fingerprint density at radius 1 is 0.882 bits per heavy atom. The summed E-state index contributed by atoms with van der Waals surface area (Å²) >= 11 is 0. The Hall–Kier alpha value is -4.91. The molecule has 0 saturated carbocycles. The van der Waals surface area contributed by atoms with E-state index in [1.807, 2.05) is 0 Å². The standard InChI is InChI=1S/C27H17NO6/c29-15-9-10-18-24(13-15)34-26-19(25(18)16-5-1-2-6-17(16)27(32)33)11-12-22(30)20(26)14-28-21-7-3-4-8-23(21)31/h1-14,28,31H,(H,32,33)/b20-14+. The molecule has 1 heterocycles. The van der Waals surface area contributed by atoms with E-state index in [-0.39, 0.29) is 38.6 Å². The van der Waals surface area contributed by atoms with Gasteiger partial charge in [0.15, 0.2) is 10.9 Å². The van der Waals surface area contributed by atoms with E-state index in [9.17, 15) is 24.6 Å². The zero-order chi connectivity index (χ0) is 23.8. The summed E-state index contributed by atoms with van der Waals surface area (Å²) in [5.41, 5.74) is 1.19. The first-order valence-electron chi connectivity index (χ1n) is 10.3. The van der Waals surface area contributed by atoms with Crippen molar-refractivity contribution >= 4 is 39.8 Å². The van der Waals surface area contributed by atoms with Crippen LogP contribution in [0.2, 0.25) is 0 Å². The highest BCUT2D eigenvalue weighted by atomic mass is 16.4. The maximum Gasteiger partial charge on any atom is 0.336 e. The third kappa shape index (κ3) is 3.55. The van der Waals surface area contributed by atoms with Crippen molar-refractivity contribution in [2.45, 2.75) is 0 Å². The van der Waals surface area contributed by atoms with Crippen molar-refractivity contribution in [1.82, 2.24) is 0 Å². The topological polar surface area (TPSA) is 117 Å². The molecule has 5 aromatic rings. The second kappa shape index (κ2) is 8.22. The van der Waals surface area contributed by atoms with Crippen LogP contribution in [0.25, 0.3) is 39.3 Å². The maximum absolute atomic E-state index is 12.8. The number of hydrogen-bond donors (Lipinski definition) is 3. The Morgan fingerprint density at radius 2 is 1.62 bits per heavy atom. The Labute approximate surface area is 191 Å². The number of para-hydroxylation sites is 2. The van der Waals surface area contributed by atoms with E-state index in [0.29, 0.717) is 27.6 Å². The summed E-state index contributed by atoms with van der Waals surface area (Å²) in [4.78, 5) is 36.9. The zero-order valence-electron chi connectivity index (χ0n) is 17.6. The molecule has 0 aliphatic rings. The summed E-state index contributed by atoms with van der Waals surface area (Å²) in [7, 11) is 0. The van der Waals surface area contributed by atoms with Crippen LogP contribution >= 0.6 is 0 Å². The van der Waals surface area contributed by atoms with Gasteiger partial charge >= 0.3 is 5.97 Å². The van der Waals surface area contributed by atoms with Crippen molar-refractivity contribution in [1.29, 1.82) is 0 Å². The Morgan fingerprint density at radius 3 is 2.41 bits per heavy atom. The second-order valence-electron chi connectivity index (χ2n) is 7.65. The number of rotatable bonds is 4. The minimum absolute atomic E-state index is 0.000829. The molecule has 7 nitrogen and oxygen atoms in total. The number of aromatic hydroxyl groups is 1. The summed E-state index contributed by atoms with van der Waals surface area (Å²) in [6.07, 6.45) is 1.42. The number of carboxylic acids is 1. The van der Waals surface area contributed by atoms with Gasteiger partial charge in [-0.05, 0) is 48.0 Å². The Kier molecular flexibility index (Phi) is 5.07. The van der Waals surface area contributed by atoms with Gasteiger partial charge < -0.3 is 19.9 Å². The minimum Gasteiger partial charge on any atom is -0.506 e. The van der Waals surface area contributed by atoms with Gasteiger partial charge in [0.2, 0.25) is 0 Å². The van der Waals surface area contributed by atoms with Crippen LogP contribution in [0.5, 0.6) is 5.75 Å². The lowest BCUT2D eigenvalue weighted by molar-refractivity contribution is 0.0697. The predicted molar refractivity (Wildman–Crippen MR) is 130 cm³/mol. The largest absolute Gasteiger partial charge is 0.506 e. The van der Waals surface area contributed by atoms with E-state index < -0.39 is 5.97 Å². The third-order valence-corrected chi connectivity index (χ3v) is 5.56. The van der Waals surface area contributed by atoms with Gasteiger partial charge in [0, 0.05) is 28.6 Å². The maximum atomic E-state index is 12.8. The van der Waals surface area contributed by atoms with Gasteiger partial charge in [-0.15, -0.1) is 0 Å². The van der Waals surface area contributed by atoms with Gasteiger partial charge in [-0.3, -0.25) is 9.59 Å². The lowest BCUT2D eigenvalue weighted by atomic mass is 9.93. The predicted octanol–water partition coefficient (Wildman–Crippen LogP) is 3.95. The van der Waals surface area contributed by atoms with Gasteiger partial charge in [-0.25, -0.2) is 4.79 Å². The van der Waals surface area contributed by atoms with Crippen LogP contribution in [-0.4, -0.2) is 16.2 Å².